The van der Waals surface area contributed by atoms with E-state index in [0.717, 1.165) is 17.8 Å². The Morgan fingerprint density at radius 1 is 1.08 bits per heavy atom. The first-order chi connectivity index (χ1) is 6.42. The molecule has 0 aromatic rings. The van der Waals surface area contributed by atoms with E-state index in [2.05, 4.69) is 10.2 Å². The van der Waals surface area contributed by atoms with Crippen LogP contribution >= 0.6 is 0 Å². The molecule has 0 bridgehead atoms. The van der Waals surface area contributed by atoms with Crippen LogP contribution < -0.4 is 5.32 Å². The van der Waals surface area contributed by atoms with Crippen molar-refractivity contribution < 1.29 is 0 Å². The normalized spacial score (nSPS) is 40.6. The van der Waals surface area contributed by atoms with E-state index in [-0.39, 0.29) is 0 Å². The largest absolute Gasteiger partial charge is 0.316 e. The van der Waals surface area contributed by atoms with Crippen molar-refractivity contribution in [3.63, 3.8) is 0 Å². The van der Waals surface area contributed by atoms with E-state index in [1.807, 2.05) is 0 Å². The van der Waals surface area contributed by atoms with Crippen molar-refractivity contribution in [2.24, 2.45) is 17.8 Å². The molecule has 2 saturated heterocycles. The van der Waals surface area contributed by atoms with Crippen LogP contribution in [0.3, 0.4) is 0 Å². The van der Waals surface area contributed by atoms with Crippen LogP contribution in [-0.2, 0) is 0 Å². The van der Waals surface area contributed by atoms with Gasteiger partial charge in [-0.2, -0.15) is 0 Å². The standard InChI is InChI=1S/C11H20N2/c1-2-9(1)7-13-4-3-10-5-12-6-11(10)8-13/h9-12H,1-8H2/t10-,11-/m1/s1. The van der Waals surface area contributed by atoms with Crippen LogP contribution in [0.5, 0.6) is 0 Å². The van der Waals surface area contributed by atoms with E-state index in [0.29, 0.717) is 0 Å². The summed E-state index contributed by atoms with van der Waals surface area (Å²) in [5.74, 6) is 3.06. The molecule has 0 radical (unpaired) electrons. The molecule has 0 spiro atoms. The smallest absolute Gasteiger partial charge is 0.00251 e. The van der Waals surface area contributed by atoms with Gasteiger partial charge in [0.1, 0.15) is 0 Å². The highest BCUT2D eigenvalue weighted by atomic mass is 15.2. The van der Waals surface area contributed by atoms with Crippen LogP contribution in [0.2, 0.25) is 0 Å². The van der Waals surface area contributed by atoms with Gasteiger partial charge in [0, 0.05) is 13.1 Å². The Balaban J connectivity index is 1.54. The third kappa shape index (κ3) is 1.75. The average molecular weight is 180 g/mol. The van der Waals surface area contributed by atoms with Crippen LogP contribution in [0.4, 0.5) is 0 Å². The van der Waals surface area contributed by atoms with Crippen molar-refractivity contribution in [1.82, 2.24) is 10.2 Å². The van der Waals surface area contributed by atoms with Crippen molar-refractivity contribution in [3.05, 3.63) is 0 Å². The zero-order chi connectivity index (χ0) is 8.67. The summed E-state index contributed by atoms with van der Waals surface area (Å²) in [7, 11) is 0. The number of likely N-dealkylation sites (tertiary alicyclic amines) is 1. The second-order valence-electron chi connectivity index (χ2n) is 5.17. The molecule has 0 aromatic carbocycles. The Kier molecular flexibility index (Phi) is 2.06. The zero-order valence-electron chi connectivity index (χ0n) is 8.34. The van der Waals surface area contributed by atoms with Gasteiger partial charge in [-0.15, -0.1) is 0 Å². The first-order valence-electron chi connectivity index (χ1n) is 5.85. The molecular formula is C11H20N2. The first kappa shape index (κ1) is 8.25. The lowest BCUT2D eigenvalue weighted by atomic mass is 9.88. The topological polar surface area (TPSA) is 15.3 Å². The number of piperidine rings is 1. The summed E-state index contributed by atoms with van der Waals surface area (Å²) in [6, 6.07) is 0. The van der Waals surface area contributed by atoms with Gasteiger partial charge >= 0.3 is 0 Å². The van der Waals surface area contributed by atoms with Gasteiger partial charge in [-0.05, 0) is 56.7 Å². The number of rotatable bonds is 2. The van der Waals surface area contributed by atoms with Gasteiger partial charge in [0.2, 0.25) is 0 Å². The lowest BCUT2D eigenvalue weighted by Gasteiger charge is -2.34. The maximum absolute atomic E-state index is 3.53. The minimum Gasteiger partial charge on any atom is -0.316 e. The van der Waals surface area contributed by atoms with Crippen molar-refractivity contribution >= 4 is 0 Å². The Labute approximate surface area is 80.7 Å². The van der Waals surface area contributed by atoms with Gasteiger partial charge in [0.05, 0.1) is 0 Å². The molecule has 3 rings (SSSR count). The molecule has 2 aliphatic heterocycles. The van der Waals surface area contributed by atoms with Crippen LogP contribution in [0.25, 0.3) is 0 Å². The van der Waals surface area contributed by atoms with Crippen LogP contribution in [0.1, 0.15) is 19.3 Å². The van der Waals surface area contributed by atoms with E-state index in [4.69, 9.17) is 0 Å². The number of hydrogen-bond donors (Lipinski definition) is 1. The summed E-state index contributed by atoms with van der Waals surface area (Å²) in [6.45, 7) is 6.74. The summed E-state index contributed by atoms with van der Waals surface area (Å²) in [4.78, 5) is 2.71. The molecule has 0 aromatic heterocycles. The van der Waals surface area contributed by atoms with Gasteiger partial charge in [0.25, 0.3) is 0 Å². The van der Waals surface area contributed by atoms with Gasteiger partial charge in [-0.3, -0.25) is 0 Å². The second-order valence-corrected chi connectivity index (χ2v) is 5.17. The summed E-state index contributed by atoms with van der Waals surface area (Å²) in [5.41, 5.74) is 0. The highest BCUT2D eigenvalue weighted by Crippen LogP contribution is 2.33. The van der Waals surface area contributed by atoms with E-state index >= 15 is 0 Å². The number of nitrogens with one attached hydrogen (secondary N) is 1. The highest BCUT2D eigenvalue weighted by Gasteiger charge is 2.34. The second kappa shape index (κ2) is 3.25. The molecule has 74 valence electrons. The molecule has 13 heavy (non-hydrogen) atoms. The molecule has 3 fully saturated rings. The number of hydrogen-bond acceptors (Lipinski definition) is 2. The average Bonchev–Trinajstić information content (AvgIpc) is 2.83. The lowest BCUT2D eigenvalue weighted by Crippen LogP contribution is -2.40. The summed E-state index contributed by atoms with van der Waals surface area (Å²) >= 11 is 0. The quantitative estimate of drug-likeness (QED) is 0.680. The first-order valence-corrected chi connectivity index (χ1v) is 5.85. The van der Waals surface area contributed by atoms with Crippen LogP contribution in [-0.4, -0.2) is 37.6 Å². The molecule has 2 atom stereocenters. The lowest BCUT2D eigenvalue weighted by molar-refractivity contribution is 0.143. The highest BCUT2D eigenvalue weighted by molar-refractivity contribution is 4.89. The third-order valence-electron chi connectivity index (χ3n) is 4.00. The minimum atomic E-state index is 0.979. The molecule has 1 N–H and O–H groups in total. The summed E-state index contributed by atoms with van der Waals surface area (Å²) < 4.78 is 0. The maximum atomic E-state index is 3.53. The monoisotopic (exact) mass is 180 g/mol. The van der Waals surface area contributed by atoms with Gasteiger partial charge in [0.15, 0.2) is 0 Å². The zero-order valence-corrected chi connectivity index (χ0v) is 8.34. The summed E-state index contributed by atoms with van der Waals surface area (Å²) in [6.07, 6.45) is 4.45. The predicted octanol–water partition coefficient (Wildman–Crippen LogP) is 0.938. The molecule has 2 nitrogen and oxygen atoms in total. The minimum absolute atomic E-state index is 0.979. The van der Waals surface area contributed by atoms with Gasteiger partial charge in [-0.25, -0.2) is 0 Å². The molecule has 0 unspecified atom stereocenters. The van der Waals surface area contributed by atoms with Crippen molar-refractivity contribution in [2.75, 3.05) is 32.7 Å². The van der Waals surface area contributed by atoms with E-state index in [1.165, 1.54) is 52.0 Å². The number of nitrogens with zero attached hydrogens (tertiary/aromatic N) is 1. The van der Waals surface area contributed by atoms with Gasteiger partial charge in [-0.1, -0.05) is 0 Å². The van der Waals surface area contributed by atoms with Gasteiger partial charge < -0.3 is 10.2 Å². The molecule has 2 heteroatoms. The Bertz CT molecular complexity index is 189. The van der Waals surface area contributed by atoms with Crippen molar-refractivity contribution in [2.45, 2.75) is 19.3 Å². The molecule has 1 saturated carbocycles. The Morgan fingerprint density at radius 2 is 1.92 bits per heavy atom. The molecule has 0 amide bonds. The SMILES string of the molecule is C1CC1CN1CC[C@@H]2CNC[C@@H]2C1. The van der Waals surface area contributed by atoms with E-state index in [1.54, 1.807) is 0 Å². The maximum Gasteiger partial charge on any atom is 0.00251 e. The number of fused-ring (bicyclic) bond motifs is 1. The fraction of sp³-hybridized carbons (Fsp3) is 1.00. The van der Waals surface area contributed by atoms with Crippen molar-refractivity contribution in [3.8, 4) is 0 Å². The summed E-state index contributed by atoms with van der Waals surface area (Å²) in [5, 5.41) is 3.53. The third-order valence-corrected chi connectivity index (χ3v) is 4.00. The van der Waals surface area contributed by atoms with E-state index in [9.17, 15) is 0 Å². The fourth-order valence-electron chi connectivity index (χ4n) is 2.94. The van der Waals surface area contributed by atoms with Crippen LogP contribution in [0, 0.1) is 17.8 Å². The van der Waals surface area contributed by atoms with Crippen LogP contribution in [0.15, 0.2) is 0 Å². The molecule has 2 heterocycles. The molecular weight excluding hydrogens is 160 g/mol. The predicted molar refractivity (Wildman–Crippen MR) is 53.6 cm³/mol. The Morgan fingerprint density at radius 3 is 2.77 bits per heavy atom. The van der Waals surface area contributed by atoms with Crippen molar-refractivity contribution in [1.29, 1.82) is 0 Å². The molecule has 1 aliphatic carbocycles. The Hall–Kier alpha value is -0.0800. The van der Waals surface area contributed by atoms with E-state index < -0.39 is 0 Å². The fourth-order valence-corrected chi connectivity index (χ4v) is 2.94. The molecule has 3 aliphatic rings.